The number of rotatable bonds is 5. The maximum atomic E-state index is 12.6. The van der Waals surface area contributed by atoms with Crippen LogP contribution in [0.5, 0.6) is 0 Å². The first kappa shape index (κ1) is 16.0. The third-order valence-electron chi connectivity index (χ3n) is 3.29. The Morgan fingerprint density at radius 3 is 2.48 bits per heavy atom. The third kappa shape index (κ3) is 3.64. The molecular formula is C15H20N2O2S2. The van der Waals surface area contributed by atoms with Crippen molar-refractivity contribution in [3.05, 3.63) is 46.2 Å². The maximum Gasteiger partial charge on any atom is 0.241 e. The average Bonchev–Trinajstić information content (AvgIpc) is 2.88. The molecule has 0 aliphatic rings. The number of hydrogen-bond donors (Lipinski definition) is 2. The minimum Gasteiger partial charge on any atom is -0.399 e. The van der Waals surface area contributed by atoms with Crippen molar-refractivity contribution in [2.24, 2.45) is 5.92 Å². The molecular weight excluding hydrogens is 304 g/mol. The maximum absolute atomic E-state index is 12.6. The number of nitrogen functional groups attached to an aromatic ring is 1. The van der Waals surface area contributed by atoms with Gasteiger partial charge in [-0.15, -0.1) is 11.3 Å². The monoisotopic (exact) mass is 324 g/mol. The largest absolute Gasteiger partial charge is 0.399 e. The van der Waals surface area contributed by atoms with Gasteiger partial charge < -0.3 is 5.73 Å². The van der Waals surface area contributed by atoms with Crippen LogP contribution in [0.4, 0.5) is 5.69 Å². The lowest BCUT2D eigenvalue weighted by Gasteiger charge is -2.21. The summed E-state index contributed by atoms with van der Waals surface area (Å²) < 4.78 is 28.1. The Labute approximate surface area is 130 Å². The zero-order valence-corrected chi connectivity index (χ0v) is 14.0. The summed E-state index contributed by atoms with van der Waals surface area (Å²) in [7, 11) is -3.58. The fraction of sp³-hybridized carbons (Fsp3) is 0.333. The second-order valence-electron chi connectivity index (χ2n) is 5.38. The van der Waals surface area contributed by atoms with Gasteiger partial charge >= 0.3 is 0 Å². The standard InChI is InChI=1S/C15H20N2O2S2/c1-10(2)15(13-5-4-8-20-13)17-21(18,19)14-7-6-12(16)9-11(14)3/h4-10,15,17H,16H2,1-3H3. The van der Waals surface area contributed by atoms with Crippen molar-refractivity contribution < 1.29 is 8.42 Å². The molecule has 1 aromatic carbocycles. The minimum absolute atomic E-state index is 0.160. The molecule has 1 heterocycles. The van der Waals surface area contributed by atoms with Crippen LogP contribution in [-0.2, 0) is 10.0 Å². The number of sulfonamides is 1. The van der Waals surface area contributed by atoms with Crippen LogP contribution in [0.1, 0.15) is 30.3 Å². The lowest BCUT2D eigenvalue weighted by Crippen LogP contribution is -2.31. The Morgan fingerprint density at radius 2 is 1.95 bits per heavy atom. The van der Waals surface area contributed by atoms with Gasteiger partial charge in [-0.2, -0.15) is 0 Å². The molecule has 114 valence electrons. The van der Waals surface area contributed by atoms with Gasteiger partial charge in [-0.25, -0.2) is 13.1 Å². The van der Waals surface area contributed by atoms with Crippen LogP contribution >= 0.6 is 11.3 Å². The van der Waals surface area contributed by atoms with E-state index in [2.05, 4.69) is 4.72 Å². The molecule has 2 rings (SSSR count). The first-order valence-electron chi connectivity index (χ1n) is 6.73. The highest BCUT2D eigenvalue weighted by atomic mass is 32.2. The Hall–Kier alpha value is -1.37. The van der Waals surface area contributed by atoms with Crippen molar-refractivity contribution in [2.75, 3.05) is 5.73 Å². The molecule has 0 saturated heterocycles. The summed E-state index contributed by atoms with van der Waals surface area (Å²) in [5.41, 5.74) is 6.89. The highest BCUT2D eigenvalue weighted by Crippen LogP contribution is 2.28. The van der Waals surface area contributed by atoms with Crippen LogP contribution in [0.25, 0.3) is 0 Å². The van der Waals surface area contributed by atoms with Crippen LogP contribution in [0, 0.1) is 12.8 Å². The number of hydrogen-bond acceptors (Lipinski definition) is 4. The summed E-state index contributed by atoms with van der Waals surface area (Å²) >= 11 is 1.55. The fourth-order valence-corrected chi connectivity index (χ4v) is 4.81. The highest BCUT2D eigenvalue weighted by molar-refractivity contribution is 7.89. The van der Waals surface area contributed by atoms with Gasteiger partial charge in [0.05, 0.1) is 10.9 Å². The quantitative estimate of drug-likeness (QED) is 0.829. The van der Waals surface area contributed by atoms with Gasteiger partial charge in [-0.1, -0.05) is 19.9 Å². The lowest BCUT2D eigenvalue weighted by molar-refractivity contribution is 0.468. The van der Waals surface area contributed by atoms with E-state index in [1.165, 1.54) is 0 Å². The van der Waals surface area contributed by atoms with Crippen molar-refractivity contribution in [1.29, 1.82) is 0 Å². The second-order valence-corrected chi connectivity index (χ2v) is 8.05. The molecule has 0 amide bonds. The van der Waals surface area contributed by atoms with Crippen molar-refractivity contribution in [2.45, 2.75) is 31.7 Å². The Morgan fingerprint density at radius 1 is 1.24 bits per heavy atom. The zero-order chi connectivity index (χ0) is 15.6. The van der Waals surface area contributed by atoms with Crippen LogP contribution < -0.4 is 10.5 Å². The van der Waals surface area contributed by atoms with E-state index in [4.69, 9.17) is 5.73 Å². The third-order valence-corrected chi connectivity index (χ3v) is 5.84. The molecule has 0 saturated carbocycles. The highest BCUT2D eigenvalue weighted by Gasteiger charge is 2.25. The number of anilines is 1. The molecule has 21 heavy (non-hydrogen) atoms. The average molecular weight is 324 g/mol. The van der Waals surface area contributed by atoms with Gasteiger partial charge in [-0.3, -0.25) is 0 Å². The van der Waals surface area contributed by atoms with Gasteiger partial charge in [0.2, 0.25) is 10.0 Å². The predicted molar refractivity (Wildman–Crippen MR) is 87.8 cm³/mol. The lowest BCUT2D eigenvalue weighted by atomic mass is 10.0. The smallest absolute Gasteiger partial charge is 0.241 e. The molecule has 1 aromatic heterocycles. The van der Waals surface area contributed by atoms with Crippen LogP contribution in [0.3, 0.4) is 0 Å². The second kappa shape index (κ2) is 6.17. The molecule has 0 bridgehead atoms. The topological polar surface area (TPSA) is 72.2 Å². The van der Waals surface area contributed by atoms with Crippen molar-refractivity contribution in [1.82, 2.24) is 4.72 Å². The van der Waals surface area contributed by atoms with E-state index in [-0.39, 0.29) is 16.9 Å². The Kier molecular flexibility index (Phi) is 4.70. The first-order valence-corrected chi connectivity index (χ1v) is 9.09. The van der Waals surface area contributed by atoms with E-state index >= 15 is 0 Å². The molecule has 0 fully saturated rings. The summed E-state index contributed by atoms with van der Waals surface area (Å²) in [5.74, 6) is 0.160. The van der Waals surface area contributed by atoms with Gasteiger partial charge in [0, 0.05) is 10.6 Å². The van der Waals surface area contributed by atoms with E-state index in [0.29, 0.717) is 11.3 Å². The van der Waals surface area contributed by atoms with E-state index in [1.54, 1.807) is 36.5 Å². The van der Waals surface area contributed by atoms with Crippen LogP contribution in [-0.4, -0.2) is 8.42 Å². The van der Waals surface area contributed by atoms with Crippen LogP contribution in [0.2, 0.25) is 0 Å². The van der Waals surface area contributed by atoms with E-state index in [1.807, 2.05) is 31.4 Å². The Bertz CT molecular complexity index is 707. The van der Waals surface area contributed by atoms with Gasteiger partial charge in [0.1, 0.15) is 0 Å². The molecule has 0 aliphatic carbocycles. The predicted octanol–water partition coefficient (Wildman–Crippen LogP) is 3.31. The van der Waals surface area contributed by atoms with Crippen molar-refractivity contribution >= 4 is 27.0 Å². The van der Waals surface area contributed by atoms with Gasteiger partial charge in [0.15, 0.2) is 0 Å². The fourth-order valence-electron chi connectivity index (χ4n) is 2.20. The summed E-state index contributed by atoms with van der Waals surface area (Å²) in [6, 6.07) is 8.48. The Balaban J connectivity index is 2.35. The molecule has 6 heteroatoms. The SMILES string of the molecule is Cc1cc(N)ccc1S(=O)(=O)NC(c1cccs1)C(C)C. The van der Waals surface area contributed by atoms with Gasteiger partial charge in [-0.05, 0) is 48.1 Å². The number of nitrogens with two attached hydrogens (primary N) is 1. The normalized spacial score (nSPS) is 13.5. The van der Waals surface area contributed by atoms with Crippen LogP contribution in [0.15, 0.2) is 40.6 Å². The molecule has 0 spiro atoms. The van der Waals surface area contributed by atoms with Gasteiger partial charge in [0.25, 0.3) is 0 Å². The molecule has 0 aliphatic heterocycles. The van der Waals surface area contributed by atoms with E-state index in [9.17, 15) is 8.42 Å². The summed E-state index contributed by atoms with van der Waals surface area (Å²) in [6.45, 7) is 5.76. The molecule has 0 radical (unpaired) electrons. The van der Waals surface area contributed by atoms with E-state index in [0.717, 1.165) is 4.88 Å². The number of benzene rings is 1. The zero-order valence-electron chi connectivity index (χ0n) is 12.3. The summed E-state index contributed by atoms with van der Waals surface area (Å²) in [4.78, 5) is 1.29. The van der Waals surface area contributed by atoms with Crippen molar-refractivity contribution in [3.63, 3.8) is 0 Å². The first-order chi connectivity index (χ1) is 9.81. The number of aryl methyl sites for hydroxylation is 1. The molecule has 3 N–H and O–H groups in total. The molecule has 2 aromatic rings. The van der Waals surface area contributed by atoms with E-state index < -0.39 is 10.0 Å². The number of thiophene rings is 1. The molecule has 1 unspecified atom stereocenters. The summed E-state index contributed by atoms with van der Waals surface area (Å²) in [6.07, 6.45) is 0. The molecule has 4 nitrogen and oxygen atoms in total. The van der Waals surface area contributed by atoms with Crippen molar-refractivity contribution in [3.8, 4) is 0 Å². The number of nitrogens with one attached hydrogen (secondary N) is 1. The minimum atomic E-state index is -3.58. The molecule has 1 atom stereocenters. The summed E-state index contributed by atoms with van der Waals surface area (Å²) in [5, 5.41) is 1.95.